The number of hydrogen-bond acceptors (Lipinski definition) is 2. The fourth-order valence-corrected chi connectivity index (χ4v) is 2.35. The number of aryl methyl sites for hydroxylation is 1. The molecule has 2 atom stereocenters. The normalized spacial score (nSPS) is 14.3. The van der Waals surface area contributed by atoms with Crippen molar-refractivity contribution in [3.63, 3.8) is 0 Å². The number of unbranched alkanes of at least 4 members (excludes halogenated alkanes) is 1. The molecule has 1 rings (SSSR count). The molecule has 0 aliphatic carbocycles. The van der Waals surface area contributed by atoms with Crippen LogP contribution in [-0.2, 0) is 6.42 Å². The summed E-state index contributed by atoms with van der Waals surface area (Å²) in [5, 5.41) is 13.9. The van der Waals surface area contributed by atoms with Gasteiger partial charge in [-0.05, 0) is 36.9 Å². The van der Waals surface area contributed by atoms with Crippen molar-refractivity contribution in [2.75, 3.05) is 6.54 Å². The fourth-order valence-electron chi connectivity index (χ4n) is 2.35. The molecule has 0 fully saturated rings. The van der Waals surface area contributed by atoms with Crippen LogP contribution < -0.4 is 5.32 Å². The summed E-state index contributed by atoms with van der Waals surface area (Å²) in [6.07, 6.45) is 5.17. The minimum atomic E-state index is -0.405. The van der Waals surface area contributed by atoms with E-state index in [-0.39, 0.29) is 6.04 Å². The van der Waals surface area contributed by atoms with E-state index in [2.05, 4.69) is 50.4 Å². The highest BCUT2D eigenvalue weighted by Crippen LogP contribution is 2.20. The summed E-state index contributed by atoms with van der Waals surface area (Å²) in [6, 6.07) is 8.57. The van der Waals surface area contributed by atoms with E-state index in [1.165, 1.54) is 18.4 Å². The Morgan fingerprint density at radius 3 is 2.26 bits per heavy atom. The summed E-state index contributed by atoms with van der Waals surface area (Å²) in [7, 11) is 0. The predicted molar refractivity (Wildman–Crippen MR) is 82.4 cm³/mol. The van der Waals surface area contributed by atoms with Gasteiger partial charge in [0.25, 0.3) is 0 Å². The van der Waals surface area contributed by atoms with Crippen LogP contribution in [0.1, 0.15) is 63.7 Å². The van der Waals surface area contributed by atoms with Crippen LogP contribution in [0.4, 0.5) is 0 Å². The second kappa shape index (κ2) is 9.11. The zero-order valence-corrected chi connectivity index (χ0v) is 12.7. The minimum Gasteiger partial charge on any atom is -0.387 e. The van der Waals surface area contributed by atoms with E-state index in [9.17, 15) is 5.11 Å². The molecule has 0 amide bonds. The zero-order chi connectivity index (χ0) is 14.1. The van der Waals surface area contributed by atoms with Crippen LogP contribution in [-0.4, -0.2) is 17.7 Å². The summed E-state index contributed by atoms with van der Waals surface area (Å²) < 4.78 is 0. The summed E-state index contributed by atoms with van der Waals surface area (Å²) in [5.41, 5.74) is 2.38. The van der Waals surface area contributed by atoms with Gasteiger partial charge in [-0.2, -0.15) is 0 Å². The zero-order valence-electron chi connectivity index (χ0n) is 12.7. The molecule has 1 aromatic carbocycles. The average molecular weight is 263 g/mol. The Hall–Kier alpha value is -0.860. The number of aliphatic hydroxyl groups is 1. The number of aliphatic hydroxyl groups excluding tert-OH is 1. The molecule has 0 bridgehead atoms. The molecule has 0 aromatic heterocycles. The van der Waals surface area contributed by atoms with Gasteiger partial charge >= 0.3 is 0 Å². The Morgan fingerprint density at radius 1 is 1.05 bits per heavy atom. The summed E-state index contributed by atoms with van der Waals surface area (Å²) >= 11 is 0. The monoisotopic (exact) mass is 263 g/mol. The molecule has 0 heterocycles. The van der Waals surface area contributed by atoms with E-state index < -0.39 is 6.10 Å². The highest BCUT2D eigenvalue weighted by Gasteiger charge is 2.18. The molecule has 0 aliphatic rings. The molecule has 2 nitrogen and oxygen atoms in total. The molecular formula is C17H29NO. The lowest BCUT2D eigenvalue weighted by atomic mass is 9.98. The average Bonchev–Trinajstić information content (AvgIpc) is 2.44. The van der Waals surface area contributed by atoms with Crippen LogP contribution in [0.15, 0.2) is 24.3 Å². The van der Waals surface area contributed by atoms with Gasteiger partial charge in [0.15, 0.2) is 0 Å². The van der Waals surface area contributed by atoms with Gasteiger partial charge in [-0.15, -0.1) is 0 Å². The molecule has 108 valence electrons. The van der Waals surface area contributed by atoms with Crippen molar-refractivity contribution >= 4 is 0 Å². The standard InChI is InChI=1S/C17H29NO/c1-4-7-13-18-16(6-3)17(19)15-11-9-14(8-5-2)10-12-15/h9-12,16-19H,4-8,13H2,1-3H3. The largest absolute Gasteiger partial charge is 0.387 e. The smallest absolute Gasteiger partial charge is 0.0942 e. The third-order valence-corrected chi connectivity index (χ3v) is 3.62. The van der Waals surface area contributed by atoms with Crippen LogP contribution in [0.5, 0.6) is 0 Å². The molecular weight excluding hydrogens is 234 g/mol. The van der Waals surface area contributed by atoms with Crippen molar-refractivity contribution in [1.29, 1.82) is 0 Å². The van der Waals surface area contributed by atoms with Gasteiger partial charge in [-0.1, -0.05) is 57.9 Å². The maximum atomic E-state index is 10.4. The Bertz CT molecular complexity index is 334. The summed E-state index contributed by atoms with van der Waals surface area (Å²) in [6.45, 7) is 7.48. The maximum absolute atomic E-state index is 10.4. The number of rotatable bonds is 9. The molecule has 0 saturated heterocycles. The van der Waals surface area contributed by atoms with Crippen LogP contribution in [0.3, 0.4) is 0 Å². The first kappa shape index (κ1) is 16.2. The molecule has 0 saturated carbocycles. The van der Waals surface area contributed by atoms with Gasteiger partial charge in [0, 0.05) is 6.04 Å². The molecule has 0 radical (unpaired) electrons. The Labute approximate surface area is 118 Å². The van der Waals surface area contributed by atoms with Crippen molar-refractivity contribution < 1.29 is 5.11 Å². The Morgan fingerprint density at radius 2 is 1.74 bits per heavy atom. The van der Waals surface area contributed by atoms with Gasteiger partial charge < -0.3 is 10.4 Å². The van der Waals surface area contributed by atoms with Gasteiger partial charge in [-0.25, -0.2) is 0 Å². The highest BCUT2D eigenvalue weighted by molar-refractivity contribution is 5.25. The lowest BCUT2D eigenvalue weighted by Gasteiger charge is -2.23. The first-order valence-corrected chi connectivity index (χ1v) is 7.73. The van der Waals surface area contributed by atoms with Gasteiger partial charge in [0.05, 0.1) is 6.10 Å². The quantitative estimate of drug-likeness (QED) is 0.663. The lowest BCUT2D eigenvalue weighted by Crippen LogP contribution is -2.35. The molecule has 2 unspecified atom stereocenters. The van der Waals surface area contributed by atoms with E-state index in [4.69, 9.17) is 0 Å². The van der Waals surface area contributed by atoms with E-state index in [1.807, 2.05) is 0 Å². The number of hydrogen-bond donors (Lipinski definition) is 2. The fraction of sp³-hybridized carbons (Fsp3) is 0.647. The summed E-state index contributed by atoms with van der Waals surface area (Å²) in [5.74, 6) is 0. The minimum absolute atomic E-state index is 0.156. The SMILES string of the molecule is CCCCNC(CC)C(O)c1ccc(CCC)cc1. The van der Waals surface area contributed by atoms with Crippen LogP contribution in [0.2, 0.25) is 0 Å². The van der Waals surface area contributed by atoms with Gasteiger partial charge in [-0.3, -0.25) is 0 Å². The van der Waals surface area contributed by atoms with Gasteiger partial charge in [0.1, 0.15) is 0 Å². The number of nitrogens with one attached hydrogen (secondary N) is 1. The van der Waals surface area contributed by atoms with Crippen molar-refractivity contribution in [3.05, 3.63) is 35.4 Å². The van der Waals surface area contributed by atoms with Crippen molar-refractivity contribution in [2.45, 2.75) is 65.0 Å². The number of benzene rings is 1. The van der Waals surface area contributed by atoms with E-state index in [0.29, 0.717) is 0 Å². The van der Waals surface area contributed by atoms with Crippen LogP contribution >= 0.6 is 0 Å². The van der Waals surface area contributed by atoms with Gasteiger partial charge in [0.2, 0.25) is 0 Å². The third-order valence-electron chi connectivity index (χ3n) is 3.62. The first-order valence-electron chi connectivity index (χ1n) is 7.73. The van der Waals surface area contributed by atoms with Crippen LogP contribution in [0.25, 0.3) is 0 Å². The molecule has 0 spiro atoms. The molecule has 0 aliphatic heterocycles. The van der Waals surface area contributed by atoms with Crippen molar-refractivity contribution in [1.82, 2.24) is 5.32 Å². The van der Waals surface area contributed by atoms with E-state index in [1.54, 1.807) is 0 Å². The molecule has 1 aromatic rings. The maximum Gasteiger partial charge on any atom is 0.0942 e. The highest BCUT2D eigenvalue weighted by atomic mass is 16.3. The van der Waals surface area contributed by atoms with Crippen molar-refractivity contribution in [2.24, 2.45) is 0 Å². The van der Waals surface area contributed by atoms with Crippen molar-refractivity contribution in [3.8, 4) is 0 Å². The Kier molecular flexibility index (Phi) is 7.76. The van der Waals surface area contributed by atoms with Crippen LogP contribution in [0, 0.1) is 0 Å². The Balaban J connectivity index is 2.60. The molecule has 2 N–H and O–H groups in total. The lowest BCUT2D eigenvalue weighted by molar-refractivity contribution is 0.126. The second-order valence-corrected chi connectivity index (χ2v) is 5.26. The first-order chi connectivity index (χ1) is 9.22. The van der Waals surface area contributed by atoms with E-state index in [0.717, 1.165) is 31.4 Å². The predicted octanol–water partition coefficient (Wildman–Crippen LogP) is 3.84. The summed E-state index contributed by atoms with van der Waals surface area (Å²) in [4.78, 5) is 0. The molecule has 2 heteroatoms. The third kappa shape index (κ3) is 5.33. The molecule has 19 heavy (non-hydrogen) atoms. The second-order valence-electron chi connectivity index (χ2n) is 5.26. The van der Waals surface area contributed by atoms with E-state index >= 15 is 0 Å². The topological polar surface area (TPSA) is 32.3 Å².